The number of amides is 1. The molecule has 8 heteroatoms. The lowest BCUT2D eigenvalue weighted by Gasteiger charge is -2.23. The Hall–Kier alpha value is -3.06. The van der Waals surface area contributed by atoms with Crippen LogP contribution in [0.2, 0.25) is 5.02 Å². The van der Waals surface area contributed by atoms with Gasteiger partial charge >= 0.3 is 0 Å². The zero-order valence-electron chi connectivity index (χ0n) is 19.5. The molecule has 2 N–H and O–H groups in total. The Morgan fingerprint density at radius 2 is 1.60 bits per heavy atom. The van der Waals surface area contributed by atoms with E-state index in [0.717, 1.165) is 38.3 Å². The standard InChI is InChI=1S/C27H28ClN3O3.ClH/c1-30-14-3-15-31(17-16-30)23-12-8-20(9-13-23)27(34)29-26-21(4-2-5-24(26)32)18-25(33)19-6-10-22(28)11-7-19;/h2,4-13,32H,3,14-18H2,1H3,(H,29,34);1H. The van der Waals surface area contributed by atoms with Crippen molar-refractivity contribution in [3.05, 3.63) is 88.4 Å². The number of carbonyl (C=O) groups is 2. The number of hydrogen-bond donors (Lipinski definition) is 2. The van der Waals surface area contributed by atoms with Gasteiger partial charge in [0, 0.05) is 47.9 Å². The molecule has 184 valence electrons. The van der Waals surface area contributed by atoms with Crippen LogP contribution in [-0.4, -0.2) is 54.9 Å². The van der Waals surface area contributed by atoms with Crippen molar-refractivity contribution in [2.24, 2.45) is 0 Å². The summed E-state index contributed by atoms with van der Waals surface area (Å²) in [5.41, 5.74) is 2.87. The first-order valence-electron chi connectivity index (χ1n) is 11.4. The molecule has 1 aliphatic heterocycles. The smallest absolute Gasteiger partial charge is 0.255 e. The summed E-state index contributed by atoms with van der Waals surface area (Å²) in [6, 6.07) is 19.0. The Morgan fingerprint density at radius 3 is 2.31 bits per heavy atom. The Kier molecular flexibility index (Phi) is 9.15. The van der Waals surface area contributed by atoms with Gasteiger partial charge in [-0.1, -0.05) is 23.7 Å². The lowest BCUT2D eigenvalue weighted by Crippen LogP contribution is -2.28. The van der Waals surface area contributed by atoms with Gasteiger partial charge in [-0.3, -0.25) is 9.59 Å². The largest absolute Gasteiger partial charge is 0.506 e. The molecule has 3 aromatic rings. The fraction of sp³-hybridized carbons (Fsp3) is 0.259. The molecule has 4 rings (SSSR count). The third-order valence-corrected chi connectivity index (χ3v) is 6.35. The first-order chi connectivity index (χ1) is 16.4. The Morgan fingerprint density at radius 1 is 0.914 bits per heavy atom. The van der Waals surface area contributed by atoms with E-state index in [4.69, 9.17) is 11.6 Å². The molecule has 0 atom stereocenters. The van der Waals surface area contributed by atoms with Gasteiger partial charge in [0.25, 0.3) is 5.91 Å². The molecule has 1 heterocycles. The molecular weight excluding hydrogens is 485 g/mol. The lowest BCUT2D eigenvalue weighted by molar-refractivity contribution is 0.0989. The second kappa shape index (κ2) is 12.1. The predicted octanol–water partition coefficient (Wildman–Crippen LogP) is 5.29. The number of phenols is 1. The van der Waals surface area contributed by atoms with Crippen molar-refractivity contribution in [3.63, 3.8) is 0 Å². The molecule has 1 aliphatic rings. The quantitative estimate of drug-likeness (QED) is 0.346. The molecule has 0 radical (unpaired) electrons. The SMILES string of the molecule is CN1CCCN(c2ccc(C(=O)Nc3c(O)cccc3CC(=O)c3ccc(Cl)cc3)cc2)CC1.Cl. The molecule has 1 amide bonds. The maximum Gasteiger partial charge on any atom is 0.255 e. The number of benzene rings is 3. The first kappa shape index (κ1) is 26.5. The Balaban J connectivity index is 0.00000342. The van der Waals surface area contributed by atoms with Gasteiger partial charge in [-0.2, -0.15) is 0 Å². The molecule has 0 spiro atoms. The van der Waals surface area contributed by atoms with Crippen LogP contribution < -0.4 is 10.2 Å². The zero-order chi connectivity index (χ0) is 24.1. The summed E-state index contributed by atoms with van der Waals surface area (Å²) in [6.45, 7) is 4.02. The second-order valence-electron chi connectivity index (χ2n) is 8.56. The molecule has 6 nitrogen and oxygen atoms in total. The molecule has 0 aromatic heterocycles. The zero-order valence-corrected chi connectivity index (χ0v) is 21.1. The average Bonchev–Trinajstić information content (AvgIpc) is 3.06. The topological polar surface area (TPSA) is 72.9 Å². The molecular formula is C27H29Cl2N3O3. The van der Waals surface area contributed by atoms with Gasteiger partial charge in [-0.15, -0.1) is 12.4 Å². The summed E-state index contributed by atoms with van der Waals surface area (Å²) in [7, 11) is 2.13. The van der Waals surface area contributed by atoms with Crippen LogP contribution in [0.4, 0.5) is 11.4 Å². The van der Waals surface area contributed by atoms with E-state index in [0.29, 0.717) is 21.7 Å². The monoisotopic (exact) mass is 513 g/mol. The molecule has 3 aromatic carbocycles. The predicted molar refractivity (Wildman–Crippen MR) is 144 cm³/mol. The first-order valence-corrected chi connectivity index (χ1v) is 11.7. The molecule has 35 heavy (non-hydrogen) atoms. The summed E-state index contributed by atoms with van der Waals surface area (Å²) in [5.74, 6) is -0.561. The molecule has 0 unspecified atom stereocenters. The minimum absolute atomic E-state index is 0. The van der Waals surface area contributed by atoms with Crippen molar-refractivity contribution < 1.29 is 14.7 Å². The van der Waals surface area contributed by atoms with Gasteiger partial charge < -0.3 is 20.2 Å². The molecule has 1 fully saturated rings. The van der Waals surface area contributed by atoms with Crippen LogP contribution in [0, 0.1) is 0 Å². The number of nitrogens with zero attached hydrogens (tertiary/aromatic N) is 2. The minimum Gasteiger partial charge on any atom is -0.506 e. The third-order valence-electron chi connectivity index (χ3n) is 6.10. The van der Waals surface area contributed by atoms with Gasteiger partial charge in [-0.05, 0) is 80.2 Å². The van der Waals surface area contributed by atoms with E-state index in [1.54, 1.807) is 48.5 Å². The van der Waals surface area contributed by atoms with Gasteiger partial charge in [0.05, 0.1) is 5.69 Å². The van der Waals surface area contributed by atoms with Crippen LogP contribution in [0.1, 0.15) is 32.7 Å². The highest BCUT2D eigenvalue weighted by Crippen LogP contribution is 2.29. The number of halogens is 2. The molecule has 0 aliphatic carbocycles. The Labute approximate surface area is 216 Å². The van der Waals surface area contributed by atoms with Crippen LogP contribution in [-0.2, 0) is 6.42 Å². The summed E-state index contributed by atoms with van der Waals surface area (Å²) in [5, 5.41) is 13.8. The summed E-state index contributed by atoms with van der Waals surface area (Å²) in [6.07, 6.45) is 1.14. The van der Waals surface area contributed by atoms with Crippen molar-refractivity contribution in [1.29, 1.82) is 0 Å². The fourth-order valence-electron chi connectivity index (χ4n) is 4.10. The van der Waals surface area contributed by atoms with E-state index in [9.17, 15) is 14.7 Å². The van der Waals surface area contributed by atoms with Gasteiger partial charge in [-0.25, -0.2) is 0 Å². The van der Waals surface area contributed by atoms with Crippen molar-refractivity contribution >= 4 is 47.1 Å². The van der Waals surface area contributed by atoms with E-state index in [-0.39, 0.29) is 42.0 Å². The van der Waals surface area contributed by atoms with E-state index in [1.807, 2.05) is 12.1 Å². The van der Waals surface area contributed by atoms with Gasteiger partial charge in [0.1, 0.15) is 5.75 Å². The average molecular weight is 514 g/mol. The molecule has 0 bridgehead atoms. The van der Waals surface area contributed by atoms with Crippen LogP contribution in [0.5, 0.6) is 5.75 Å². The van der Waals surface area contributed by atoms with Gasteiger partial charge in [0.2, 0.25) is 0 Å². The lowest BCUT2D eigenvalue weighted by atomic mass is 10.0. The second-order valence-corrected chi connectivity index (χ2v) is 9.00. The van der Waals surface area contributed by atoms with Crippen molar-refractivity contribution in [2.45, 2.75) is 12.8 Å². The highest BCUT2D eigenvalue weighted by atomic mass is 35.5. The number of likely N-dealkylation sites (N-methyl/N-ethyl adjacent to an activating group) is 1. The van der Waals surface area contributed by atoms with E-state index in [2.05, 4.69) is 22.2 Å². The number of phenolic OH excluding ortho intramolecular Hbond substituents is 1. The molecule has 0 saturated carbocycles. The number of carbonyl (C=O) groups excluding carboxylic acids is 2. The number of ketones is 1. The fourth-order valence-corrected chi connectivity index (χ4v) is 4.23. The van der Waals surface area contributed by atoms with E-state index in [1.165, 1.54) is 6.07 Å². The third kappa shape index (κ3) is 6.75. The summed E-state index contributed by atoms with van der Waals surface area (Å²) < 4.78 is 0. The van der Waals surface area contributed by atoms with Crippen molar-refractivity contribution in [3.8, 4) is 5.75 Å². The van der Waals surface area contributed by atoms with E-state index >= 15 is 0 Å². The number of hydrogen-bond acceptors (Lipinski definition) is 5. The number of Topliss-reactive ketones (excluding diaryl/α,β-unsaturated/α-hetero) is 1. The highest BCUT2D eigenvalue weighted by Gasteiger charge is 2.17. The number of aromatic hydroxyl groups is 1. The number of nitrogens with one attached hydrogen (secondary N) is 1. The van der Waals surface area contributed by atoms with Crippen molar-refractivity contribution in [2.75, 3.05) is 43.4 Å². The van der Waals surface area contributed by atoms with E-state index < -0.39 is 0 Å². The summed E-state index contributed by atoms with van der Waals surface area (Å²) >= 11 is 5.91. The van der Waals surface area contributed by atoms with Crippen LogP contribution in [0.25, 0.3) is 0 Å². The summed E-state index contributed by atoms with van der Waals surface area (Å²) in [4.78, 5) is 30.3. The Bertz CT molecular complexity index is 1170. The molecule has 1 saturated heterocycles. The van der Waals surface area contributed by atoms with Crippen LogP contribution >= 0.6 is 24.0 Å². The van der Waals surface area contributed by atoms with Crippen LogP contribution in [0.3, 0.4) is 0 Å². The normalized spacial score (nSPS) is 14.1. The number of rotatable bonds is 6. The van der Waals surface area contributed by atoms with Gasteiger partial charge in [0.15, 0.2) is 5.78 Å². The van der Waals surface area contributed by atoms with Crippen molar-refractivity contribution in [1.82, 2.24) is 4.90 Å². The maximum absolute atomic E-state index is 13.0. The maximum atomic E-state index is 13.0. The van der Waals surface area contributed by atoms with Crippen LogP contribution in [0.15, 0.2) is 66.7 Å². The number of anilines is 2. The highest BCUT2D eigenvalue weighted by molar-refractivity contribution is 6.30. The number of para-hydroxylation sites is 1. The minimum atomic E-state index is -0.344.